The number of thiophene rings is 1. The molecule has 4 nitrogen and oxygen atoms in total. The maximum absolute atomic E-state index is 11.9. The molecule has 1 aliphatic heterocycles. The highest BCUT2D eigenvalue weighted by molar-refractivity contribution is 8.15. The Kier molecular flexibility index (Phi) is 5.06. The lowest BCUT2D eigenvalue weighted by Gasteiger charge is -2.14. The molecule has 0 aromatic carbocycles. The smallest absolute Gasteiger partial charge is 0.233 e. The third kappa shape index (κ3) is 3.84. The van der Waals surface area contributed by atoms with E-state index in [4.69, 9.17) is 0 Å². The highest BCUT2D eigenvalue weighted by atomic mass is 32.2. The molecule has 1 aromatic rings. The van der Waals surface area contributed by atoms with Crippen LogP contribution in [-0.4, -0.2) is 33.2 Å². The Morgan fingerprint density at radius 3 is 2.89 bits per heavy atom. The van der Waals surface area contributed by atoms with Crippen LogP contribution in [0.15, 0.2) is 17.5 Å². The molecular weight excluding hydrogens is 302 g/mol. The summed E-state index contributed by atoms with van der Waals surface area (Å²) in [5, 5.41) is 3.94. The summed E-state index contributed by atoms with van der Waals surface area (Å²) in [5.41, 5.74) is 0. The van der Waals surface area contributed by atoms with Gasteiger partial charge in [0.15, 0.2) is 0 Å². The van der Waals surface area contributed by atoms with Crippen LogP contribution in [0, 0.1) is 0 Å². The number of nitrogens with one attached hydrogen (secondary N) is 1. The third-order valence-electron chi connectivity index (χ3n) is 2.63. The molecule has 1 saturated heterocycles. The molecule has 2 atom stereocenters. The van der Waals surface area contributed by atoms with Crippen LogP contribution in [0.5, 0.6) is 0 Å². The van der Waals surface area contributed by atoms with Crippen molar-refractivity contribution in [1.82, 2.24) is 5.32 Å². The van der Waals surface area contributed by atoms with Crippen molar-refractivity contribution >= 4 is 51.0 Å². The van der Waals surface area contributed by atoms with Crippen LogP contribution < -0.4 is 5.32 Å². The molecular formula is C12H13NO3S3. The predicted octanol–water partition coefficient (Wildman–Crippen LogP) is 2.16. The summed E-state index contributed by atoms with van der Waals surface area (Å²) in [4.78, 5) is 35.8. The highest BCUT2D eigenvalue weighted by Crippen LogP contribution is 2.23. The van der Waals surface area contributed by atoms with E-state index in [1.165, 1.54) is 23.1 Å². The average Bonchev–Trinajstić information content (AvgIpc) is 3.01. The predicted molar refractivity (Wildman–Crippen MR) is 79.7 cm³/mol. The molecule has 7 heteroatoms. The quantitative estimate of drug-likeness (QED) is 0.922. The van der Waals surface area contributed by atoms with Gasteiger partial charge < -0.3 is 5.32 Å². The Labute approximate surface area is 123 Å². The lowest BCUT2D eigenvalue weighted by atomic mass is 10.2. The van der Waals surface area contributed by atoms with Gasteiger partial charge >= 0.3 is 0 Å². The lowest BCUT2D eigenvalue weighted by Crippen LogP contribution is -2.41. The molecule has 0 bridgehead atoms. The van der Waals surface area contributed by atoms with Gasteiger partial charge in [0.2, 0.25) is 16.1 Å². The molecule has 1 amide bonds. The van der Waals surface area contributed by atoms with Crippen molar-refractivity contribution in [2.24, 2.45) is 0 Å². The number of hydrogen-bond acceptors (Lipinski definition) is 6. The molecule has 1 fully saturated rings. The average molecular weight is 315 g/mol. The van der Waals surface area contributed by atoms with Crippen molar-refractivity contribution in [3.05, 3.63) is 22.4 Å². The van der Waals surface area contributed by atoms with Gasteiger partial charge in [-0.3, -0.25) is 14.4 Å². The van der Waals surface area contributed by atoms with Gasteiger partial charge in [0, 0.05) is 5.75 Å². The first-order chi connectivity index (χ1) is 9.08. The summed E-state index contributed by atoms with van der Waals surface area (Å²) in [7, 11) is 0. The van der Waals surface area contributed by atoms with Gasteiger partial charge in [0.1, 0.15) is 0 Å². The molecule has 2 heterocycles. The van der Waals surface area contributed by atoms with E-state index >= 15 is 0 Å². The van der Waals surface area contributed by atoms with E-state index in [9.17, 15) is 14.4 Å². The second kappa shape index (κ2) is 6.58. The van der Waals surface area contributed by atoms with Crippen molar-refractivity contribution in [2.75, 3.05) is 5.75 Å². The van der Waals surface area contributed by atoms with E-state index in [1.807, 2.05) is 5.38 Å². The van der Waals surface area contributed by atoms with Gasteiger partial charge in [-0.25, -0.2) is 0 Å². The van der Waals surface area contributed by atoms with Gasteiger partial charge in [0.25, 0.3) is 0 Å². The monoisotopic (exact) mass is 315 g/mol. The number of carbonyl (C=O) groups is 3. The summed E-state index contributed by atoms with van der Waals surface area (Å²) in [6.07, 6.45) is 0.672. The minimum absolute atomic E-state index is 0.00938. The fourth-order valence-corrected chi connectivity index (χ4v) is 4.04. The molecule has 1 aliphatic rings. The molecule has 2 rings (SSSR count). The number of hydrogen-bond donors (Lipinski definition) is 1. The maximum Gasteiger partial charge on any atom is 0.233 e. The fourth-order valence-electron chi connectivity index (χ4n) is 1.58. The van der Waals surface area contributed by atoms with Gasteiger partial charge in [-0.1, -0.05) is 29.6 Å². The Balaban J connectivity index is 1.85. The summed E-state index contributed by atoms with van der Waals surface area (Å²) in [5.74, 6) is 0.496. The van der Waals surface area contributed by atoms with Crippen LogP contribution in [0.1, 0.15) is 23.0 Å². The van der Waals surface area contributed by atoms with Crippen LogP contribution in [0.4, 0.5) is 0 Å². The number of rotatable bonds is 4. The van der Waals surface area contributed by atoms with E-state index in [1.54, 1.807) is 19.1 Å². The lowest BCUT2D eigenvalue weighted by molar-refractivity contribution is -0.123. The number of thioether (sulfide) groups is 2. The first kappa shape index (κ1) is 14.6. The fraction of sp³-hybridized carbons (Fsp3) is 0.417. The molecule has 19 heavy (non-hydrogen) atoms. The molecule has 0 spiro atoms. The summed E-state index contributed by atoms with van der Waals surface area (Å²) in [6, 6.07) is 3.15. The second-order valence-electron chi connectivity index (χ2n) is 4.04. The Bertz CT molecular complexity index is 486. The molecule has 0 saturated carbocycles. The molecule has 0 radical (unpaired) electrons. The minimum Gasteiger partial charge on any atom is -0.344 e. The summed E-state index contributed by atoms with van der Waals surface area (Å²) in [6.45, 7) is 1.68. The zero-order valence-corrected chi connectivity index (χ0v) is 12.7. The normalized spacial score (nSPS) is 20.3. The van der Waals surface area contributed by atoms with Crippen molar-refractivity contribution in [3.8, 4) is 0 Å². The largest absolute Gasteiger partial charge is 0.344 e. The standard InChI is InChI=1S/C12H13NO3S3/c1-7(19-12(16)9-3-2-5-17-9)10(14)13-8-4-6-18-11(8)15/h2-3,5,7-8H,4,6H2,1H3,(H,13,14)/t7-,8-/m0/s1. The van der Waals surface area contributed by atoms with Crippen LogP contribution in [-0.2, 0) is 9.59 Å². The molecule has 102 valence electrons. The number of amides is 1. The van der Waals surface area contributed by atoms with Crippen LogP contribution >= 0.6 is 34.9 Å². The highest BCUT2D eigenvalue weighted by Gasteiger charge is 2.29. The van der Waals surface area contributed by atoms with Gasteiger partial charge in [-0.15, -0.1) is 11.3 Å². The van der Waals surface area contributed by atoms with E-state index in [2.05, 4.69) is 5.32 Å². The van der Waals surface area contributed by atoms with E-state index in [0.717, 1.165) is 17.5 Å². The van der Waals surface area contributed by atoms with Gasteiger partial charge in [0.05, 0.1) is 16.2 Å². The van der Waals surface area contributed by atoms with Gasteiger partial charge in [-0.05, 0) is 24.8 Å². The summed E-state index contributed by atoms with van der Waals surface area (Å²) < 4.78 is 0. The first-order valence-corrected chi connectivity index (χ1v) is 8.54. The van der Waals surface area contributed by atoms with E-state index in [-0.39, 0.29) is 16.1 Å². The number of carbonyl (C=O) groups excluding carboxylic acids is 3. The Morgan fingerprint density at radius 2 is 2.32 bits per heavy atom. The van der Waals surface area contributed by atoms with Crippen LogP contribution in [0.3, 0.4) is 0 Å². The topological polar surface area (TPSA) is 63.2 Å². The Morgan fingerprint density at radius 1 is 1.53 bits per heavy atom. The van der Waals surface area contributed by atoms with Gasteiger partial charge in [-0.2, -0.15) is 0 Å². The molecule has 1 N–H and O–H groups in total. The van der Waals surface area contributed by atoms with Crippen molar-refractivity contribution < 1.29 is 14.4 Å². The van der Waals surface area contributed by atoms with Crippen molar-refractivity contribution in [3.63, 3.8) is 0 Å². The molecule has 0 aliphatic carbocycles. The second-order valence-corrected chi connectivity index (χ2v) is 7.40. The maximum atomic E-state index is 11.9. The van der Waals surface area contributed by atoms with E-state index < -0.39 is 11.3 Å². The van der Waals surface area contributed by atoms with Crippen molar-refractivity contribution in [1.29, 1.82) is 0 Å². The van der Waals surface area contributed by atoms with Crippen LogP contribution in [0.25, 0.3) is 0 Å². The van der Waals surface area contributed by atoms with Crippen molar-refractivity contribution in [2.45, 2.75) is 24.6 Å². The minimum atomic E-state index is -0.493. The molecule has 1 aromatic heterocycles. The zero-order chi connectivity index (χ0) is 13.8. The molecule has 0 unspecified atom stereocenters. The SMILES string of the molecule is C[C@H](SC(=O)c1cccs1)C(=O)N[C@H]1CCSC1=O. The third-order valence-corrected chi connectivity index (χ3v) is 5.64. The Hall–Kier alpha value is -0.790. The van der Waals surface area contributed by atoms with Crippen LogP contribution in [0.2, 0.25) is 0 Å². The first-order valence-electron chi connectivity index (χ1n) is 5.79. The van der Waals surface area contributed by atoms with E-state index in [0.29, 0.717) is 11.3 Å². The zero-order valence-electron chi connectivity index (χ0n) is 10.3. The summed E-state index contributed by atoms with van der Waals surface area (Å²) >= 11 is 3.60.